The minimum atomic E-state index is 0.396. The van der Waals surface area contributed by atoms with Gasteiger partial charge in [-0.25, -0.2) is 0 Å². The number of benzene rings is 2. The third-order valence-corrected chi connectivity index (χ3v) is 4.18. The molecule has 0 saturated heterocycles. The molecule has 0 amide bonds. The predicted molar refractivity (Wildman–Crippen MR) is 94.0 cm³/mol. The van der Waals surface area contributed by atoms with Crippen molar-refractivity contribution in [3.63, 3.8) is 0 Å². The average Bonchev–Trinajstić information content (AvgIpc) is 2.55. The lowest BCUT2D eigenvalue weighted by atomic mass is 9.82. The lowest BCUT2D eigenvalue weighted by molar-refractivity contribution is 0.744. The molecule has 3 N–H and O–H groups in total. The zero-order chi connectivity index (χ0) is 15.5. The number of hydrogen-bond donors (Lipinski definition) is 2. The second kappa shape index (κ2) is 6.02. The highest BCUT2D eigenvalue weighted by atomic mass is 14.6. The van der Waals surface area contributed by atoms with Crippen LogP contribution in [0, 0.1) is 11.3 Å². The fourth-order valence-electron chi connectivity index (χ4n) is 2.96. The summed E-state index contributed by atoms with van der Waals surface area (Å²) in [5.41, 5.74) is 11.7. The average molecular weight is 288 g/mol. The minimum Gasteiger partial charge on any atom is -0.398 e. The van der Waals surface area contributed by atoms with Crippen LogP contribution in [-0.4, -0.2) is 5.71 Å². The lowest BCUT2D eigenvalue weighted by Crippen LogP contribution is -2.13. The molecule has 0 fully saturated rings. The van der Waals surface area contributed by atoms with Crippen LogP contribution in [0.25, 0.3) is 5.57 Å². The van der Waals surface area contributed by atoms with Crippen molar-refractivity contribution in [2.45, 2.75) is 13.3 Å². The molecule has 1 atom stereocenters. The molecule has 1 aliphatic rings. The van der Waals surface area contributed by atoms with Crippen molar-refractivity contribution in [3.8, 4) is 0 Å². The SMILES string of the molecule is CC1CC(C(=N)c2ccccc2N)=CC=C1c1ccccc1. The van der Waals surface area contributed by atoms with E-state index in [2.05, 4.69) is 43.3 Å². The zero-order valence-corrected chi connectivity index (χ0v) is 12.7. The van der Waals surface area contributed by atoms with E-state index in [1.165, 1.54) is 11.1 Å². The van der Waals surface area contributed by atoms with E-state index in [-0.39, 0.29) is 0 Å². The number of rotatable bonds is 3. The van der Waals surface area contributed by atoms with Crippen molar-refractivity contribution in [1.29, 1.82) is 5.41 Å². The third-order valence-electron chi connectivity index (χ3n) is 4.18. The first kappa shape index (κ1) is 14.3. The first-order valence-electron chi connectivity index (χ1n) is 7.57. The maximum absolute atomic E-state index is 8.45. The van der Waals surface area contributed by atoms with E-state index < -0.39 is 0 Å². The maximum Gasteiger partial charge on any atom is 0.0665 e. The molecule has 0 saturated carbocycles. The van der Waals surface area contributed by atoms with E-state index in [1.807, 2.05) is 30.3 Å². The molecule has 2 nitrogen and oxygen atoms in total. The van der Waals surface area contributed by atoms with Gasteiger partial charge in [0.1, 0.15) is 0 Å². The summed E-state index contributed by atoms with van der Waals surface area (Å²) in [5, 5.41) is 8.45. The monoisotopic (exact) mass is 288 g/mol. The van der Waals surface area contributed by atoms with E-state index in [0.717, 1.165) is 17.6 Å². The smallest absolute Gasteiger partial charge is 0.0665 e. The molecule has 0 spiro atoms. The molecule has 2 aromatic carbocycles. The summed E-state index contributed by atoms with van der Waals surface area (Å²) in [6, 6.07) is 18.0. The Hall–Kier alpha value is -2.61. The van der Waals surface area contributed by atoms with E-state index in [0.29, 0.717) is 17.3 Å². The van der Waals surface area contributed by atoms with Crippen LogP contribution in [0.3, 0.4) is 0 Å². The molecule has 0 radical (unpaired) electrons. The van der Waals surface area contributed by atoms with Crippen molar-refractivity contribution in [2.75, 3.05) is 5.73 Å². The highest BCUT2D eigenvalue weighted by Gasteiger charge is 2.20. The summed E-state index contributed by atoms with van der Waals surface area (Å²) in [6.07, 6.45) is 5.08. The quantitative estimate of drug-likeness (QED) is 0.625. The van der Waals surface area contributed by atoms with Crippen molar-refractivity contribution in [3.05, 3.63) is 83.4 Å². The van der Waals surface area contributed by atoms with Gasteiger partial charge >= 0.3 is 0 Å². The molecule has 2 aromatic rings. The molecular weight excluding hydrogens is 268 g/mol. The second-order valence-electron chi connectivity index (χ2n) is 5.75. The Morgan fingerprint density at radius 1 is 1.00 bits per heavy atom. The summed E-state index contributed by atoms with van der Waals surface area (Å²) in [4.78, 5) is 0. The van der Waals surface area contributed by atoms with Gasteiger partial charge in [-0.3, -0.25) is 5.41 Å². The molecule has 110 valence electrons. The Morgan fingerprint density at radius 3 is 2.36 bits per heavy atom. The Labute approximate surface area is 131 Å². The van der Waals surface area contributed by atoms with Crippen LogP contribution in [-0.2, 0) is 0 Å². The van der Waals surface area contributed by atoms with Gasteiger partial charge in [-0.15, -0.1) is 0 Å². The fourth-order valence-corrected chi connectivity index (χ4v) is 2.96. The Morgan fingerprint density at radius 2 is 1.68 bits per heavy atom. The van der Waals surface area contributed by atoms with Crippen LogP contribution in [0.5, 0.6) is 0 Å². The summed E-state index contributed by atoms with van der Waals surface area (Å²) < 4.78 is 0. The van der Waals surface area contributed by atoms with Gasteiger partial charge in [-0.1, -0.05) is 67.6 Å². The van der Waals surface area contributed by atoms with Crippen LogP contribution in [0.4, 0.5) is 5.69 Å². The third kappa shape index (κ3) is 2.73. The highest BCUT2D eigenvalue weighted by Crippen LogP contribution is 2.33. The number of allylic oxidation sites excluding steroid dienone is 4. The van der Waals surface area contributed by atoms with Crippen molar-refractivity contribution >= 4 is 17.0 Å². The normalized spacial score (nSPS) is 17.6. The number of nitrogens with two attached hydrogens (primary N) is 1. The molecule has 0 bridgehead atoms. The van der Waals surface area contributed by atoms with Gasteiger partial charge in [-0.05, 0) is 35.1 Å². The minimum absolute atomic E-state index is 0.396. The van der Waals surface area contributed by atoms with Gasteiger partial charge in [0.25, 0.3) is 0 Å². The predicted octanol–water partition coefficient (Wildman–Crippen LogP) is 4.69. The molecule has 1 aliphatic carbocycles. The van der Waals surface area contributed by atoms with Crippen molar-refractivity contribution in [2.24, 2.45) is 5.92 Å². The summed E-state index contributed by atoms with van der Waals surface area (Å²) in [6.45, 7) is 2.22. The molecule has 1 unspecified atom stereocenters. The Balaban J connectivity index is 1.92. The van der Waals surface area contributed by atoms with E-state index in [4.69, 9.17) is 11.1 Å². The second-order valence-corrected chi connectivity index (χ2v) is 5.75. The molecule has 0 heterocycles. The molecule has 0 aliphatic heterocycles. The first-order valence-corrected chi connectivity index (χ1v) is 7.57. The molecule has 0 aromatic heterocycles. The number of para-hydroxylation sites is 1. The Kier molecular flexibility index (Phi) is 3.92. The van der Waals surface area contributed by atoms with Crippen LogP contribution in [0.2, 0.25) is 0 Å². The van der Waals surface area contributed by atoms with Gasteiger partial charge in [0.05, 0.1) is 5.71 Å². The van der Waals surface area contributed by atoms with Crippen LogP contribution >= 0.6 is 0 Å². The summed E-state index contributed by atoms with van der Waals surface area (Å²) in [5.74, 6) is 0.396. The van der Waals surface area contributed by atoms with E-state index >= 15 is 0 Å². The maximum atomic E-state index is 8.45. The molecule has 2 heteroatoms. The van der Waals surface area contributed by atoms with Gasteiger partial charge in [0, 0.05) is 11.3 Å². The van der Waals surface area contributed by atoms with Gasteiger partial charge in [-0.2, -0.15) is 0 Å². The summed E-state index contributed by atoms with van der Waals surface area (Å²) in [7, 11) is 0. The lowest BCUT2D eigenvalue weighted by Gasteiger charge is -2.23. The molecule has 3 rings (SSSR count). The number of nitrogen functional groups attached to an aromatic ring is 1. The topological polar surface area (TPSA) is 49.9 Å². The zero-order valence-electron chi connectivity index (χ0n) is 12.7. The van der Waals surface area contributed by atoms with Gasteiger partial charge in [0.15, 0.2) is 0 Å². The first-order chi connectivity index (χ1) is 10.7. The van der Waals surface area contributed by atoms with Gasteiger partial charge in [0.2, 0.25) is 0 Å². The van der Waals surface area contributed by atoms with Crippen molar-refractivity contribution in [1.82, 2.24) is 0 Å². The van der Waals surface area contributed by atoms with Crippen LogP contribution in [0.15, 0.2) is 72.3 Å². The summed E-state index contributed by atoms with van der Waals surface area (Å²) >= 11 is 0. The number of hydrogen-bond acceptors (Lipinski definition) is 2. The van der Waals surface area contributed by atoms with Gasteiger partial charge < -0.3 is 5.73 Å². The molecule has 22 heavy (non-hydrogen) atoms. The fraction of sp³-hybridized carbons (Fsp3) is 0.150. The number of anilines is 1. The largest absolute Gasteiger partial charge is 0.398 e. The number of nitrogens with one attached hydrogen (secondary N) is 1. The highest BCUT2D eigenvalue weighted by molar-refractivity contribution is 6.14. The van der Waals surface area contributed by atoms with E-state index in [1.54, 1.807) is 0 Å². The Bertz CT molecular complexity index is 754. The van der Waals surface area contributed by atoms with Crippen molar-refractivity contribution < 1.29 is 0 Å². The molecular formula is C20H20N2. The van der Waals surface area contributed by atoms with Crippen LogP contribution in [0.1, 0.15) is 24.5 Å². The van der Waals surface area contributed by atoms with E-state index in [9.17, 15) is 0 Å². The standard InChI is InChI=1S/C20H20N2/c1-14-13-16(20(22)18-9-5-6-10-19(18)21)11-12-17(14)15-7-3-2-4-8-15/h2-12,14,22H,13,21H2,1H3. The van der Waals surface area contributed by atoms with Crippen LogP contribution < -0.4 is 5.73 Å².